The molecule has 1 N–H and O–H groups in total. The van der Waals surface area contributed by atoms with E-state index < -0.39 is 17.9 Å². The number of esters is 1. The lowest BCUT2D eigenvalue weighted by molar-refractivity contribution is -0.147. The second-order valence-electron chi connectivity index (χ2n) is 8.45. The molecule has 1 spiro atoms. The minimum absolute atomic E-state index is 0.0198. The minimum atomic E-state index is -0.982. The summed E-state index contributed by atoms with van der Waals surface area (Å²) in [5.41, 5.74) is 0.789. The lowest BCUT2D eigenvalue weighted by Gasteiger charge is -2.38. The second kappa shape index (κ2) is 10.3. The number of carbonyl (C=O) groups is 4. The van der Waals surface area contributed by atoms with Crippen LogP contribution in [0.25, 0.3) is 0 Å². The first-order valence-corrected chi connectivity index (χ1v) is 10.8. The van der Waals surface area contributed by atoms with E-state index in [1.54, 1.807) is 9.80 Å². The molecular formula is C24H29N3O5. The van der Waals surface area contributed by atoms with E-state index in [2.05, 4.69) is 17.2 Å². The summed E-state index contributed by atoms with van der Waals surface area (Å²) in [5, 5.41) is 2.48. The normalized spacial score (nSPS) is 17.8. The number of piperidine rings is 1. The van der Waals surface area contributed by atoms with Crippen molar-refractivity contribution in [3.05, 3.63) is 35.9 Å². The molecule has 0 aliphatic carbocycles. The van der Waals surface area contributed by atoms with Crippen molar-refractivity contribution in [3.63, 3.8) is 0 Å². The molecule has 32 heavy (non-hydrogen) atoms. The van der Waals surface area contributed by atoms with Crippen LogP contribution >= 0.6 is 0 Å². The Hall–Kier alpha value is -3.34. The average molecular weight is 440 g/mol. The third kappa shape index (κ3) is 5.88. The number of likely N-dealkylation sites (tertiary alicyclic amines) is 2. The summed E-state index contributed by atoms with van der Waals surface area (Å²) in [5.74, 6) is 4.25. The topological polar surface area (TPSA) is 96.0 Å². The Kier molecular flexibility index (Phi) is 7.52. The Morgan fingerprint density at radius 3 is 2.28 bits per heavy atom. The van der Waals surface area contributed by atoms with Crippen molar-refractivity contribution in [2.24, 2.45) is 5.41 Å². The molecule has 0 saturated carbocycles. The summed E-state index contributed by atoms with van der Waals surface area (Å²) >= 11 is 0. The zero-order valence-electron chi connectivity index (χ0n) is 18.6. The van der Waals surface area contributed by atoms with E-state index in [1.165, 1.54) is 14.0 Å². The fourth-order valence-electron chi connectivity index (χ4n) is 4.35. The van der Waals surface area contributed by atoms with Gasteiger partial charge in [-0.15, -0.1) is 0 Å². The Balaban J connectivity index is 1.52. The van der Waals surface area contributed by atoms with E-state index in [0.717, 1.165) is 24.8 Å². The van der Waals surface area contributed by atoms with Gasteiger partial charge in [0.05, 0.1) is 13.5 Å². The molecule has 2 aliphatic heterocycles. The lowest BCUT2D eigenvalue weighted by Crippen LogP contribution is -2.46. The van der Waals surface area contributed by atoms with E-state index in [4.69, 9.17) is 4.74 Å². The second-order valence-corrected chi connectivity index (χ2v) is 8.45. The fraction of sp³-hybridized carbons (Fsp3) is 0.500. The number of nitrogens with one attached hydrogen (secondary N) is 1. The van der Waals surface area contributed by atoms with Crippen LogP contribution in [0.5, 0.6) is 0 Å². The zero-order valence-corrected chi connectivity index (χ0v) is 18.6. The third-order valence-electron chi connectivity index (χ3n) is 6.23. The quantitative estimate of drug-likeness (QED) is 0.557. The number of amides is 3. The monoisotopic (exact) mass is 439 g/mol. The summed E-state index contributed by atoms with van der Waals surface area (Å²) < 4.78 is 4.70. The van der Waals surface area contributed by atoms with Crippen LogP contribution in [0.3, 0.4) is 0 Å². The molecule has 0 unspecified atom stereocenters. The highest BCUT2D eigenvalue weighted by Crippen LogP contribution is 2.40. The Morgan fingerprint density at radius 1 is 1.06 bits per heavy atom. The van der Waals surface area contributed by atoms with Crippen molar-refractivity contribution in [2.75, 3.05) is 33.3 Å². The smallest absolute Gasteiger partial charge is 0.328 e. The number of methoxy groups -OCH3 is 1. The molecule has 0 bridgehead atoms. The van der Waals surface area contributed by atoms with Crippen LogP contribution in [-0.2, 0) is 23.9 Å². The SMILES string of the molecule is COC(=O)[C@H](CC(=O)N1CCC2(CCN(C(=O)C#Cc3ccccc3)CC2)C1)NC(C)=O. The zero-order chi connectivity index (χ0) is 23.1. The van der Waals surface area contributed by atoms with Crippen molar-refractivity contribution in [1.29, 1.82) is 0 Å². The number of nitrogens with zero attached hydrogens (tertiary/aromatic N) is 2. The van der Waals surface area contributed by atoms with Gasteiger partial charge in [-0.3, -0.25) is 14.4 Å². The highest BCUT2D eigenvalue weighted by atomic mass is 16.5. The molecular weight excluding hydrogens is 410 g/mol. The molecule has 1 atom stereocenters. The van der Waals surface area contributed by atoms with Gasteiger partial charge >= 0.3 is 5.97 Å². The molecule has 1 aromatic rings. The lowest BCUT2D eigenvalue weighted by atomic mass is 9.78. The van der Waals surface area contributed by atoms with E-state index in [0.29, 0.717) is 26.2 Å². The molecule has 1 aromatic carbocycles. The number of benzene rings is 1. The van der Waals surface area contributed by atoms with Gasteiger partial charge in [0.2, 0.25) is 11.8 Å². The molecule has 2 heterocycles. The van der Waals surface area contributed by atoms with Crippen LogP contribution in [0.15, 0.2) is 30.3 Å². The van der Waals surface area contributed by atoms with Gasteiger partial charge in [-0.2, -0.15) is 0 Å². The number of rotatable bonds is 4. The van der Waals surface area contributed by atoms with Crippen molar-refractivity contribution < 1.29 is 23.9 Å². The first-order valence-electron chi connectivity index (χ1n) is 10.8. The van der Waals surface area contributed by atoms with Crippen LogP contribution in [-0.4, -0.2) is 72.8 Å². The van der Waals surface area contributed by atoms with Gasteiger partial charge in [0, 0.05) is 44.6 Å². The molecule has 3 rings (SSSR count). The van der Waals surface area contributed by atoms with Crippen LogP contribution in [0, 0.1) is 17.3 Å². The number of hydrogen-bond acceptors (Lipinski definition) is 5. The van der Waals surface area contributed by atoms with Crippen LogP contribution in [0.1, 0.15) is 38.2 Å². The molecule has 2 saturated heterocycles. The van der Waals surface area contributed by atoms with E-state index >= 15 is 0 Å². The first-order chi connectivity index (χ1) is 15.3. The molecule has 3 amide bonds. The van der Waals surface area contributed by atoms with E-state index in [-0.39, 0.29) is 23.7 Å². The fourth-order valence-corrected chi connectivity index (χ4v) is 4.35. The standard InChI is InChI=1S/C24H29N3O5/c1-18(28)25-20(23(31)32-2)16-22(30)27-15-12-24(17-27)10-13-26(14-11-24)21(29)9-8-19-6-4-3-5-7-19/h3-7,20H,10-17H2,1-2H3,(H,25,28)/t20-/m0/s1. The number of ether oxygens (including phenoxy) is 1. The van der Waals surface area contributed by atoms with Crippen molar-refractivity contribution >= 4 is 23.7 Å². The van der Waals surface area contributed by atoms with E-state index in [1.807, 2.05) is 30.3 Å². The first kappa shape index (κ1) is 23.3. The predicted octanol–water partition coefficient (Wildman–Crippen LogP) is 0.947. The maximum atomic E-state index is 12.8. The van der Waals surface area contributed by atoms with Gasteiger partial charge in [0.15, 0.2) is 0 Å². The van der Waals surface area contributed by atoms with E-state index in [9.17, 15) is 19.2 Å². The summed E-state index contributed by atoms with van der Waals surface area (Å²) in [6, 6.07) is 8.43. The van der Waals surface area contributed by atoms with Crippen molar-refractivity contribution in [3.8, 4) is 11.8 Å². The molecule has 0 aromatic heterocycles. The molecule has 8 nitrogen and oxygen atoms in total. The van der Waals surface area contributed by atoms with Gasteiger partial charge in [0.1, 0.15) is 6.04 Å². The summed E-state index contributed by atoms with van der Waals surface area (Å²) in [4.78, 5) is 52.0. The third-order valence-corrected chi connectivity index (χ3v) is 6.23. The van der Waals surface area contributed by atoms with Gasteiger partial charge in [0.25, 0.3) is 5.91 Å². The molecule has 0 radical (unpaired) electrons. The van der Waals surface area contributed by atoms with Crippen LogP contribution in [0.4, 0.5) is 0 Å². The largest absolute Gasteiger partial charge is 0.467 e. The summed E-state index contributed by atoms with van der Waals surface area (Å²) in [7, 11) is 1.23. The van der Waals surface area contributed by atoms with Gasteiger partial charge in [-0.1, -0.05) is 24.1 Å². The van der Waals surface area contributed by atoms with Gasteiger partial charge in [-0.05, 0) is 36.8 Å². The highest BCUT2D eigenvalue weighted by Gasteiger charge is 2.43. The summed E-state index contributed by atoms with van der Waals surface area (Å²) in [6.07, 6.45) is 2.35. The van der Waals surface area contributed by atoms with Crippen molar-refractivity contribution in [1.82, 2.24) is 15.1 Å². The summed E-state index contributed by atoms with van der Waals surface area (Å²) in [6.45, 7) is 3.72. The molecule has 170 valence electrons. The Morgan fingerprint density at radius 2 is 1.69 bits per heavy atom. The van der Waals surface area contributed by atoms with Gasteiger partial charge in [-0.25, -0.2) is 4.79 Å². The Bertz CT molecular complexity index is 926. The molecule has 8 heteroatoms. The Labute approximate surface area is 188 Å². The molecule has 2 fully saturated rings. The maximum absolute atomic E-state index is 12.8. The molecule has 2 aliphatic rings. The average Bonchev–Trinajstić information content (AvgIpc) is 3.21. The minimum Gasteiger partial charge on any atom is -0.467 e. The van der Waals surface area contributed by atoms with Crippen LogP contribution < -0.4 is 5.32 Å². The number of hydrogen-bond donors (Lipinski definition) is 1. The van der Waals surface area contributed by atoms with Crippen molar-refractivity contribution in [2.45, 2.75) is 38.6 Å². The van der Waals surface area contributed by atoms with Crippen LogP contribution in [0.2, 0.25) is 0 Å². The van der Waals surface area contributed by atoms with Gasteiger partial charge < -0.3 is 19.9 Å². The maximum Gasteiger partial charge on any atom is 0.328 e. The predicted molar refractivity (Wildman–Crippen MR) is 117 cm³/mol. The highest BCUT2D eigenvalue weighted by molar-refractivity contribution is 5.94. The number of carbonyl (C=O) groups excluding carboxylic acids is 4.